The molecule has 0 radical (unpaired) electrons. The third kappa shape index (κ3) is 6.43. The van der Waals surface area contributed by atoms with Crippen molar-refractivity contribution in [1.82, 2.24) is 15.6 Å². The van der Waals surface area contributed by atoms with Crippen LogP contribution in [0.1, 0.15) is 41.6 Å². The van der Waals surface area contributed by atoms with E-state index in [4.69, 9.17) is 9.40 Å². The maximum Gasteiger partial charge on any atom is 0.191 e. The molecule has 1 aromatic carbocycles. The number of aliphatic imine (C=N–C) groups is 1. The number of nitrogens with one attached hydrogen (secondary N) is 2. The lowest BCUT2D eigenvalue weighted by Crippen LogP contribution is -2.44. The Morgan fingerprint density at radius 1 is 1.17 bits per heavy atom. The van der Waals surface area contributed by atoms with Crippen molar-refractivity contribution in [2.24, 2.45) is 4.99 Å². The second kappa shape index (κ2) is 10.4. The second-order valence-corrected chi connectivity index (χ2v) is 8.39. The summed E-state index contributed by atoms with van der Waals surface area (Å²) in [4.78, 5) is 9.32. The molecule has 7 heteroatoms. The van der Waals surface area contributed by atoms with Crippen molar-refractivity contribution in [3.63, 3.8) is 0 Å². The summed E-state index contributed by atoms with van der Waals surface area (Å²) < 4.78 is 5.57. The summed E-state index contributed by atoms with van der Waals surface area (Å²) in [6.45, 7) is 7.09. The Labute approximate surface area is 182 Å². The van der Waals surface area contributed by atoms with Crippen LogP contribution in [0.2, 0.25) is 0 Å². The van der Waals surface area contributed by atoms with Crippen LogP contribution in [-0.4, -0.2) is 29.1 Å². The topological polar surface area (TPSA) is 82.7 Å². The molecule has 0 aliphatic heterocycles. The lowest BCUT2D eigenvalue weighted by atomic mass is 10.0. The number of aromatic nitrogens is 1. The number of benzene rings is 1. The number of hydrogen-bond acceptors (Lipinski definition) is 5. The molecule has 0 aliphatic carbocycles. The van der Waals surface area contributed by atoms with Crippen molar-refractivity contribution in [3.05, 3.63) is 75.6 Å². The van der Waals surface area contributed by atoms with E-state index in [1.807, 2.05) is 26.0 Å². The number of thiazole rings is 1. The van der Waals surface area contributed by atoms with Crippen LogP contribution >= 0.6 is 11.3 Å². The van der Waals surface area contributed by atoms with Gasteiger partial charge in [-0.15, -0.1) is 11.3 Å². The van der Waals surface area contributed by atoms with Gasteiger partial charge in [0, 0.05) is 18.3 Å². The van der Waals surface area contributed by atoms with Gasteiger partial charge in [0.05, 0.1) is 23.8 Å². The fraction of sp³-hybridized carbons (Fsp3) is 0.391. The zero-order chi connectivity index (χ0) is 21.4. The molecule has 6 nitrogen and oxygen atoms in total. The quantitative estimate of drug-likeness (QED) is 0.358. The highest BCUT2D eigenvalue weighted by Crippen LogP contribution is 2.22. The van der Waals surface area contributed by atoms with Gasteiger partial charge < -0.3 is 20.2 Å². The molecule has 2 aromatic heterocycles. The fourth-order valence-corrected chi connectivity index (χ4v) is 3.79. The molecule has 3 N–H and O–H groups in total. The molecule has 0 fully saturated rings. The summed E-state index contributed by atoms with van der Waals surface area (Å²) in [5.74, 6) is 1.95. The Morgan fingerprint density at radius 2 is 1.97 bits per heavy atom. The van der Waals surface area contributed by atoms with E-state index >= 15 is 0 Å². The van der Waals surface area contributed by atoms with Crippen molar-refractivity contribution < 1.29 is 9.52 Å². The summed E-state index contributed by atoms with van der Waals surface area (Å²) in [7, 11) is 0. The zero-order valence-electron chi connectivity index (χ0n) is 17.8. The molecule has 1 atom stereocenters. The Bertz CT molecular complexity index is 947. The SMILES string of the molecule is CCNC(=NCc1csc(CCc2ccccc2)n1)NCC(C)(O)c1ccc(C)o1. The van der Waals surface area contributed by atoms with Gasteiger partial charge in [0.2, 0.25) is 0 Å². The third-order valence-corrected chi connectivity index (χ3v) is 5.64. The number of furan rings is 1. The molecule has 1 unspecified atom stereocenters. The van der Waals surface area contributed by atoms with Gasteiger partial charge >= 0.3 is 0 Å². The molecule has 0 aliphatic rings. The first kappa shape index (κ1) is 22.1. The second-order valence-electron chi connectivity index (χ2n) is 7.45. The summed E-state index contributed by atoms with van der Waals surface area (Å²) >= 11 is 1.68. The first-order valence-corrected chi connectivity index (χ1v) is 11.1. The molecular weight excluding hydrogens is 396 g/mol. The minimum Gasteiger partial charge on any atom is -0.463 e. The molecule has 0 spiro atoms. The maximum absolute atomic E-state index is 10.7. The van der Waals surface area contributed by atoms with Crippen molar-refractivity contribution in [2.45, 2.75) is 45.8 Å². The van der Waals surface area contributed by atoms with Gasteiger partial charge in [-0.05, 0) is 44.9 Å². The Balaban J connectivity index is 1.54. The molecule has 30 heavy (non-hydrogen) atoms. The van der Waals surface area contributed by atoms with Gasteiger partial charge in [-0.1, -0.05) is 30.3 Å². The van der Waals surface area contributed by atoms with Gasteiger partial charge in [-0.3, -0.25) is 0 Å². The van der Waals surface area contributed by atoms with E-state index in [1.165, 1.54) is 5.56 Å². The van der Waals surface area contributed by atoms with Crippen LogP contribution < -0.4 is 10.6 Å². The Hall–Kier alpha value is -2.64. The number of aryl methyl sites for hydroxylation is 3. The largest absolute Gasteiger partial charge is 0.463 e. The molecule has 0 saturated heterocycles. The molecule has 3 rings (SSSR count). The normalized spacial score (nSPS) is 13.8. The standard InChI is InChI=1S/C23H30N4O2S/c1-4-24-22(26-16-23(3,28)20-12-10-17(2)29-20)25-14-19-15-30-21(27-19)13-11-18-8-6-5-7-9-18/h5-10,12,15,28H,4,11,13-14,16H2,1-3H3,(H2,24,25,26). The maximum atomic E-state index is 10.7. The summed E-state index contributed by atoms with van der Waals surface area (Å²) in [5.41, 5.74) is 1.15. The van der Waals surface area contributed by atoms with Crippen molar-refractivity contribution in [2.75, 3.05) is 13.1 Å². The predicted octanol–water partition coefficient (Wildman–Crippen LogP) is 3.79. The van der Waals surface area contributed by atoms with Crippen LogP contribution in [0, 0.1) is 6.92 Å². The van der Waals surface area contributed by atoms with Crippen LogP contribution in [0.3, 0.4) is 0 Å². The average Bonchev–Trinajstić information content (AvgIpc) is 3.39. The number of aliphatic hydroxyl groups is 1. The molecule has 0 amide bonds. The number of nitrogens with zero attached hydrogens (tertiary/aromatic N) is 2. The molecule has 0 bridgehead atoms. The van der Waals surface area contributed by atoms with E-state index in [9.17, 15) is 5.11 Å². The van der Waals surface area contributed by atoms with E-state index in [2.05, 4.69) is 45.3 Å². The summed E-state index contributed by atoms with van der Waals surface area (Å²) in [6, 6.07) is 14.1. The van der Waals surface area contributed by atoms with E-state index in [0.717, 1.165) is 35.8 Å². The van der Waals surface area contributed by atoms with Crippen LogP contribution in [0.4, 0.5) is 0 Å². The van der Waals surface area contributed by atoms with Crippen LogP contribution in [0.25, 0.3) is 0 Å². The van der Waals surface area contributed by atoms with Gasteiger partial charge in [0.25, 0.3) is 0 Å². The number of guanidine groups is 1. The Kier molecular flexibility index (Phi) is 7.65. The first-order valence-electron chi connectivity index (χ1n) is 10.2. The van der Waals surface area contributed by atoms with Crippen molar-refractivity contribution in [3.8, 4) is 0 Å². The number of rotatable bonds is 9. The highest BCUT2D eigenvalue weighted by molar-refractivity contribution is 7.09. The highest BCUT2D eigenvalue weighted by Gasteiger charge is 2.27. The van der Waals surface area contributed by atoms with Gasteiger partial charge in [-0.2, -0.15) is 0 Å². The van der Waals surface area contributed by atoms with Gasteiger partial charge in [0.15, 0.2) is 5.96 Å². The zero-order valence-corrected chi connectivity index (χ0v) is 18.6. The minimum atomic E-state index is -1.13. The first-order chi connectivity index (χ1) is 14.5. The van der Waals surface area contributed by atoms with Crippen LogP contribution in [-0.2, 0) is 25.0 Å². The van der Waals surface area contributed by atoms with Crippen LogP contribution in [0.5, 0.6) is 0 Å². The average molecular weight is 427 g/mol. The summed E-state index contributed by atoms with van der Waals surface area (Å²) in [5, 5.41) is 20.3. The van der Waals surface area contributed by atoms with Gasteiger partial charge in [-0.25, -0.2) is 9.98 Å². The molecule has 2 heterocycles. The van der Waals surface area contributed by atoms with E-state index in [0.29, 0.717) is 18.3 Å². The monoisotopic (exact) mass is 426 g/mol. The lowest BCUT2D eigenvalue weighted by molar-refractivity contribution is 0.0378. The fourth-order valence-electron chi connectivity index (χ4n) is 3.00. The molecular formula is C23H30N4O2S. The van der Waals surface area contributed by atoms with Crippen molar-refractivity contribution in [1.29, 1.82) is 0 Å². The van der Waals surface area contributed by atoms with Crippen LogP contribution in [0.15, 0.2) is 57.3 Å². The minimum absolute atomic E-state index is 0.283. The highest BCUT2D eigenvalue weighted by atomic mass is 32.1. The molecule has 0 saturated carbocycles. The third-order valence-electron chi connectivity index (χ3n) is 4.68. The lowest BCUT2D eigenvalue weighted by Gasteiger charge is -2.22. The van der Waals surface area contributed by atoms with E-state index < -0.39 is 5.60 Å². The van der Waals surface area contributed by atoms with E-state index in [-0.39, 0.29) is 6.54 Å². The van der Waals surface area contributed by atoms with Gasteiger partial charge in [0.1, 0.15) is 17.1 Å². The predicted molar refractivity (Wildman–Crippen MR) is 122 cm³/mol. The number of hydrogen-bond donors (Lipinski definition) is 3. The smallest absolute Gasteiger partial charge is 0.191 e. The van der Waals surface area contributed by atoms with Crippen molar-refractivity contribution >= 4 is 17.3 Å². The molecule has 3 aromatic rings. The molecule has 160 valence electrons. The summed E-state index contributed by atoms with van der Waals surface area (Å²) in [6.07, 6.45) is 1.92. The van der Waals surface area contributed by atoms with E-state index in [1.54, 1.807) is 24.3 Å². The Morgan fingerprint density at radius 3 is 2.67 bits per heavy atom.